The first-order chi connectivity index (χ1) is 15.2. The van der Waals surface area contributed by atoms with Gasteiger partial charge in [0.15, 0.2) is 0 Å². The predicted octanol–water partition coefficient (Wildman–Crippen LogP) is 4.04. The number of methoxy groups -OCH3 is 1. The lowest BCUT2D eigenvalue weighted by atomic mass is 9.78. The van der Waals surface area contributed by atoms with Gasteiger partial charge in [-0.25, -0.2) is 18.4 Å². The highest BCUT2D eigenvalue weighted by molar-refractivity contribution is 6.00. The van der Waals surface area contributed by atoms with Gasteiger partial charge in [0.2, 0.25) is 0 Å². The van der Waals surface area contributed by atoms with E-state index >= 15 is 0 Å². The SMILES string of the molecule is COC(=O)C1=C(C(F)F)NC(C)=C(C(=O)OC2CCCC2)C1c1cccc([N+](=O)[O-])c1C. The van der Waals surface area contributed by atoms with Gasteiger partial charge >= 0.3 is 11.9 Å². The summed E-state index contributed by atoms with van der Waals surface area (Å²) in [6.45, 7) is 2.88. The Morgan fingerprint density at radius 3 is 2.38 bits per heavy atom. The number of rotatable bonds is 6. The summed E-state index contributed by atoms with van der Waals surface area (Å²) < 4.78 is 38.2. The van der Waals surface area contributed by atoms with Gasteiger partial charge in [0, 0.05) is 17.3 Å². The maximum atomic E-state index is 13.9. The first-order valence-corrected chi connectivity index (χ1v) is 10.2. The number of benzene rings is 1. The summed E-state index contributed by atoms with van der Waals surface area (Å²) in [5, 5.41) is 13.9. The van der Waals surface area contributed by atoms with Crippen LogP contribution in [0.4, 0.5) is 14.5 Å². The summed E-state index contributed by atoms with van der Waals surface area (Å²) in [4.78, 5) is 36.7. The Morgan fingerprint density at radius 1 is 1.16 bits per heavy atom. The van der Waals surface area contributed by atoms with E-state index in [4.69, 9.17) is 9.47 Å². The molecule has 1 aromatic rings. The lowest BCUT2D eigenvalue weighted by molar-refractivity contribution is -0.385. The molecule has 1 fully saturated rings. The third kappa shape index (κ3) is 4.35. The zero-order valence-corrected chi connectivity index (χ0v) is 17.9. The molecule has 1 heterocycles. The van der Waals surface area contributed by atoms with E-state index in [1.807, 2.05) is 0 Å². The van der Waals surface area contributed by atoms with Crippen molar-refractivity contribution in [2.45, 2.75) is 58.0 Å². The molecule has 0 bridgehead atoms. The molecule has 0 saturated heterocycles. The van der Waals surface area contributed by atoms with E-state index in [-0.39, 0.29) is 34.2 Å². The molecule has 3 rings (SSSR count). The molecule has 8 nitrogen and oxygen atoms in total. The smallest absolute Gasteiger partial charge is 0.337 e. The van der Waals surface area contributed by atoms with Crippen molar-refractivity contribution in [3.8, 4) is 0 Å². The second kappa shape index (κ2) is 9.46. The summed E-state index contributed by atoms with van der Waals surface area (Å²) >= 11 is 0. The number of carbonyl (C=O) groups excluding carboxylic acids is 2. The number of esters is 2. The summed E-state index contributed by atoms with van der Waals surface area (Å²) in [5.41, 5.74) is -1.07. The second-order valence-electron chi connectivity index (χ2n) is 7.78. The van der Waals surface area contributed by atoms with Crippen molar-refractivity contribution in [3.63, 3.8) is 0 Å². The van der Waals surface area contributed by atoms with Crippen LogP contribution in [0.15, 0.2) is 40.7 Å². The van der Waals surface area contributed by atoms with Crippen molar-refractivity contribution in [3.05, 3.63) is 62.0 Å². The zero-order chi connectivity index (χ0) is 23.6. The summed E-state index contributed by atoms with van der Waals surface area (Å²) in [6.07, 6.45) is -0.193. The lowest BCUT2D eigenvalue weighted by Gasteiger charge is -2.32. The van der Waals surface area contributed by atoms with Gasteiger partial charge in [0.1, 0.15) is 6.10 Å². The van der Waals surface area contributed by atoms with Crippen molar-refractivity contribution in [2.75, 3.05) is 7.11 Å². The van der Waals surface area contributed by atoms with Gasteiger partial charge in [-0.05, 0) is 45.1 Å². The van der Waals surface area contributed by atoms with E-state index in [1.54, 1.807) is 0 Å². The Hall–Kier alpha value is -3.30. The van der Waals surface area contributed by atoms with Crippen molar-refractivity contribution in [2.24, 2.45) is 0 Å². The molecule has 172 valence electrons. The topological polar surface area (TPSA) is 108 Å². The number of ether oxygens (including phenoxy) is 2. The molecule has 0 radical (unpaired) electrons. The first-order valence-electron chi connectivity index (χ1n) is 10.2. The molecule has 0 amide bonds. The largest absolute Gasteiger partial charge is 0.466 e. The van der Waals surface area contributed by atoms with Gasteiger partial charge < -0.3 is 14.8 Å². The summed E-state index contributed by atoms with van der Waals surface area (Å²) in [7, 11) is 1.04. The maximum absolute atomic E-state index is 13.9. The molecule has 1 aromatic carbocycles. The van der Waals surface area contributed by atoms with Crippen LogP contribution in [0.2, 0.25) is 0 Å². The van der Waals surface area contributed by atoms with E-state index in [1.165, 1.54) is 32.0 Å². The number of nitro benzene ring substituents is 1. The molecule has 1 aliphatic heterocycles. The zero-order valence-electron chi connectivity index (χ0n) is 17.9. The highest BCUT2D eigenvalue weighted by Gasteiger charge is 2.42. The van der Waals surface area contributed by atoms with E-state index < -0.39 is 40.5 Å². The van der Waals surface area contributed by atoms with E-state index in [0.717, 1.165) is 20.0 Å². The number of halogens is 2. The highest BCUT2D eigenvalue weighted by Crippen LogP contribution is 2.43. The van der Waals surface area contributed by atoms with Crippen molar-refractivity contribution < 1.29 is 32.8 Å². The Bertz CT molecular complexity index is 1010. The van der Waals surface area contributed by atoms with Gasteiger partial charge in [-0.15, -0.1) is 0 Å². The third-order valence-corrected chi connectivity index (χ3v) is 5.87. The number of nitrogens with zero attached hydrogens (tertiary/aromatic N) is 1. The molecular weight excluding hydrogens is 426 g/mol. The monoisotopic (exact) mass is 450 g/mol. The fourth-order valence-corrected chi connectivity index (χ4v) is 4.32. The van der Waals surface area contributed by atoms with Crippen LogP contribution in [0.5, 0.6) is 0 Å². The predicted molar refractivity (Wildman–Crippen MR) is 110 cm³/mol. The molecule has 32 heavy (non-hydrogen) atoms. The Kier molecular flexibility index (Phi) is 6.90. The van der Waals surface area contributed by atoms with Gasteiger partial charge in [-0.3, -0.25) is 10.1 Å². The number of dihydropyridines is 1. The summed E-state index contributed by atoms with van der Waals surface area (Å²) in [6, 6.07) is 4.12. The fraction of sp³-hybridized carbons (Fsp3) is 0.455. The number of hydrogen-bond acceptors (Lipinski definition) is 7. The normalized spacial score (nSPS) is 19.2. The lowest BCUT2D eigenvalue weighted by Crippen LogP contribution is -2.36. The number of hydrogen-bond donors (Lipinski definition) is 1. The molecule has 1 N–H and O–H groups in total. The van der Waals surface area contributed by atoms with Crippen LogP contribution in [-0.4, -0.2) is 36.5 Å². The van der Waals surface area contributed by atoms with Gasteiger partial charge in [0.05, 0.1) is 34.8 Å². The van der Waals surface area contributed by atoms with Gasteiger partial charge in [0.25, 0.3) is 12.1 Å². The van der Waals surface area contributed by atoms with Crippen molar-refractivity contribution >= 4 is 17.6 Å². The molecule has 1 aliphatic carbocycles. The van der Waals surface area contributed by atoms with Crippen LogP contribution in [0, 0.1) is 17.0 Å². The molecule has 1 atom stereocenters. The van der Waals surface area contributed by atoms with Crippen molar-refractivity contribution in [1.82, 2.24) is 5.32 Å². The summed E-state index contributed by atoms with van der Waals surface area (Å²) in [5.74, 6) is -3.14. The number of alkyl halides is 2. The van der Waals surface area contributed by atoms with E-state index in [0.29, 0.717) is 12.8 Å². The fourth-order valence-electron chi connectivity index (χ4n) is 4.32. The van der Waals surface area contributed by atoms with Crippen LogP contribution in [0.3, 0.4) is 0 Å². The molecule has 0 aromatic heterocycles. The van der Waals surface area contributed by atoms with Crippen LogP contribution in [0.25, 0.3) is 0 Å². The second-order valence-corrected chi connectivity index (χ2v) is 7.78. The minimum Gasteiger partial charge on any atom is -0.466 e. The number of allylic oxidation sites excluding steroid dienone is 2. The van der Waals surface area contributed by atoms with E-state index in [2.05, 4.69) is 5.32 Å². The van der Waals surface area contributed by atoms with Gasteiger partial charge in [-0.1, -0.05) is 12.1 Å². The maximum Gasteiger partial charge on any atom is 0.337 e. The number of nitro groups is 1. The molecule has 0 spiro atoms. The molecule has 10 heteroatoms. The van der Waals surface area contributed by atoms with E-state index in [9.17, 15) is 28.5 Å². The van der Waals surface area contributed by atoms with Gasteiger partial charge in [-0.2, -0.15) is 0 Å². The Balaban J connectivity index is 2.22. The molecule has 1 unspecified atom stereocenters. The quantitative estimate of drug-likeness (QED) is 0.396. The molecule has 1 saturated carbocycles. The van der Waals surface area contributed by atoms with Crippen LogP contribution < -0.4 is 5.32 Å². The molecule has 2 aliphatic rings. The average molecular weight is 450 g/mol. The number of nitrogens with one attached hydrogen (secondary N) is 1. The highest BCUT2D eigenvalue weighted by atomic mass is 19.3. The standard InChI is InChI=1S/C22H24F2N2O6/c1-11-14(9-6-10-15(11)26(29)30)17-16(22(28)32-13-7-4-5-8-13)12(2)25-19(20(23)24)18(17)21(27)31-3/h6,9-10,13,17,20,25H,4-5,7-8H2,1-3H3. The molecular formula is C22H24F2N2O6. The average Bonchev–Trinajstić information content (AvgIpc) is 3.25. The van der Waals surface area contributed by atoms with Crippen LogP contribution in [-0.2, 0) is 19.1 Å². The minimum atomic E-state index is -3.08. The first kappa shape index (κ1) is 23.4. The van der Waals surface area contributed by atoms with Crippen LogP contribution in [0.1, 0.15) is 49.7 Å². The number of carbonyl (C=O) groups is 2. The Morgan fingerprint density at radius 2 is 1.81 bits per heavy atom. The Labute approximate surface area is 183 Å². The third-order valence-electron chi connectivity index (χ3n) is 5.87. The van der Waals surface area contributed by atoms with Crippen LogP contribution >= 0.6 is 0 Å². The van der Waals surface area contributed by atoms with Crippen molar-refractivity contribution in [1.29, 1.82) is 0 Å². The minimum absolute atomic E-state index is 0.0507.